The molecule has 0 aromatic heterocycles. The first-order valence-electron chi connectivity index (χ1n) is 12.0. The van der Waals surface area contributed by atoms with Gasteiger partial charge in [0.05, 0.1) is 16.7 Å². The van der Waals surface area contributed by atoms with Crippen LogP contribution in [-0.2, 0) is 4.79 Å². The van der Waals surface area contributed by atoms with E-state index >= 15 is 0 Å². The third-order valence-corrected chi connectivity index (χ3v) is 5.42. The minimum Gasteiger partial charge on any atom is -0.478 e. The van der Waals surface area contributed by atoms with Crippen molar-refractivity contribution in [3.63, 3.8) is 0 Å². The van der Waals surface area contributed by atoms with Crippen molar-refractivity contribution in [3.05, 3.63) is 89.5 Å². The minimum absolute atomic E-state index is 0.0785. The summed E-state index contributed by atoms with van der Waals surface area (Å²) in [6, 6.07) is 17.3. The van der Waals surface area contributed by atoms with Gasteiger partial charge in [-0.2, -0.15) is 0 Å². The number of benzene rings is 3. The molecule has 8 nitrogen and oxygen atoms in total. The summed E-state index contributed by atoms with van der Waals surface area (Å²) in [6.07, 6.45) is 5.56. The predicted octanol–water partition coefficient (Wildman–Crippen LogP) is 6.09. The Morgan fingerprint density at radius 1 is 0.568 bits per heavy atom. The molecule has 3 rings (SSSR count). The number of carboxylic acids is 1. The van der Waals surface area contributed by atoms with Gasteiger partial charge in [-0.3, -0.25) is 4.79 Å². The molecule has 0 unspecified atom stereocenters. The van der Waals surface area contributed by atoms with Crippen LogP contribution < -0.4 is 14.2 Å². The maximum atomic E-state index is 12.4. The summed E-state index contributed by atoms with van der Waals surface area (Å²) in [4.78, 5) is 47.6. The molecule has 0 radical (unpaired) electrons. The van der Waals surface area contributed by atoms with E-state index in [4.69, 9.17) is 19.3 Å². The summed E-state index contributed by atoms with van der Waals surface area (Å²) in [5, 5.41) is 8.92. The zero-order chi connectivity index (χ0) is 26.6. The molecule has 37 heavy (non-hydrogen) atoms. The Labute approximate surface area is 214 Å². The van der Waals surface area contributed by atoms with Crippen LogP contribution in [0.25, 0.3) is 0 Å². The normalized spacial score (nSPS) is 10.4. The van der Waals surface area contributed by atoms with Gasteiger partial charge in [-0.1, -0.05) is 32.6 Å². The Hall–Kier alpha value is -4.46. The van der Waals surface area contributed by atoms with Crippen LogP contribution in [0, 0.1) is 0 Å². The number of rotatable bonds is 12. The molecule has 0 atom stereocenters. The van der Waals surface area contributed by atoms with E-state index in [0.29, 0.717) is 12.2 Å². The summed E-state index contributed by atoms with van der Waals surface area (Å²) in [5.74, 6) is -1.85. The average molecular weight is 505 g/mol. The second-order valence-corrected chi connectivity index (χ2v) is 8.30. The van der Waals surface area contributed by atoms with Crippen LogP contribution >= 0.6 is 0 Å². The third kappa shape index (κ3) is 8.61. The SMILES string of the molecule is CCCCCCCC(=O)Oc1ccc(C(=O)Oc2ccc(C(=O)Oc3ccc(C(=O)O)cc3)cc2)cc1. The monoisotopic (exact) mass is 504 g/mol. The number of carbonyl (C=O) groups excluding carboxylic acids is 3. The van der Waals surface area contributed by atoms with Crippen LogP contribution in [0.2, 0.25) is 0 Å². The fraction of sp³-hybridized carbons (Fsp3) is 0.241. The molecule has 0 saturated heterocycles. The molecule has 1 N–H and O–H groups in total. The summed E-state index contributed by atoms with van der Waals surface area (Å²) in [6.45, 7) is 2.14. The van der Waals surface area contributed by atoms with Gasteiger partial charge in [-0.25, -0.2) is 14.4 Å². The van der Waals surface area contributed by atoms with Crippen LogP contribution in [0.5, 0.6) is 17.2 Å². The topological polar surface area (TPSA) is 116 Å². The van der Waals surface area contributed by atoms with Gasteiger partial charge in [0.1, 0.15) is 17.2 Å². The molecule has 0 bridgehead atoms. The average Bonchev–Trinajstić information content (AvgIpc) is 2.89. The second kappa shape index (κ2) is 13.6. The molecule has 8 heteroatoms. The maximum absolute atomic E-state index is 12.4. The van der Waals surface area contributed by atoms with Crippen LogP contribution in [0.1, 0.15) is 76.5 Å². The van der Waals surface area contributed by atoms with Gasteiger partial charge in [-0.15, -0.1) is 0 Å². The first kappa shape index (κ1) is 27.1. The van der Waals surface area contributed by atoms with Gasteiger partial charge in [0.25, 0.3) is 0 Å². The fourth-order valence-electron chi connectivity index (χ4n) is 3.37. The van der Waals surface area contributed by atoms with E-state index in [9.17, 15) is 19.2 Å². The van der Waals surface area contributed by atoms with Crippen LogP contribution in [0.4, 0.5) is 0 Å². The van der Waals surface area contributed by atoms with E-state index in [0.717, 1.165) is 32.1 Å². The number of carbonyl (C=O) groups is 4. The Balaban J connectivity index is 1.48. The standard InChI is InChI=1S/C29H28O8/c1-2-3-4-5-6-7-26(30)35-23-16-10-21(11-17-23)28(33)37-25-18-12-22(13-19-25)29(34)36-24-14-8-20(9-15-24)27(31)32/h8-19H,2-7H2,1H3,(H,31,32). The lowest BCUT2D eigenvalue weighted by molar-refractivity contribution is -0.134. The van der Waals surface area contributed by atoms with Gasteiger partial charge in [0, 0.05) is 6.42 Å². The lowest BCUT2D eigenvalue weighted by Gasteiger charge is -2.08. The van der Waals surface area contributed by atoms with Crippen LogP contribution in [0.3, 0.4) is 0 Å². The van der Waals surface area contributed by atoms with Crippen molar-refractivity contribution in [2.24, 2.45) is 0 Å². The van der Waals surface area contributed by atoms with E-state index < -0.39 is 17.9 Å². The summed E-state index contributed by atoms with van der Waals surface area (Å²) >= 11 is 0. The van der Waals surface area contributed by atoms with Crippen LogP contribution in [-0.4, -0.2) is 29.0 Å². The highest BCUT2D eigenvalue weighted by Gasteiger charge is 2.13. The van der Waals surface area contributed by atoms with Gasteiger partial charge >= 0.3 is 23.9 Å². The van der Waals surface area contributed by atoms with Crippen molar-refractivity contribution in [2.75, 3.05) is 0 Å². The molecule has 0 aliphatic carbocycles. The van der Waals surface area contributed by atoms with Crippen molar-refractivity contribution in [2.45, 2.75) is 45.4 Å². The molecule has 0 spiro atoms. The Kier molecular flexibility index (Phi) is 9.96. The number of aromatic carboxylic acids is 1. The van der Waals surface area contributed by atoms with Gasteiger partial charge in [0.2, 0.25) is 0 Å². The zero-order valence-electron chi connectivity index (χ0n) is 20.5. The first-order chi connectivity index (χ1) is 17.9. The van der Waals surface area contributed by atoms with Crippen LogP contribution in [0.15, 0.2) is 72.8 Å². The molecule has 0 amide bonds. The Morgan fingerprint density at radius 2 is 0.973 bits per heavy atom. The van der Waals surface area contributed by atoms with Crippen molar-refractivity contribution in [1.29, 1.82) is 0 Å². The number of carboxylic acid groups (broad SMARTS) is 1. The molecule has 192 valence electrons. The highest BCUT2D eigenvalue weighted by atomic mass is 16.5. The molecule has 0 heterocycles. The van der Waals surface area contributed by atoms with E-state index in [1.165, 1.54) is 72.8 Å². The van der Waals surface area contributed by atoms with Gasteiger partial charge < -0.3 is 19.3 Å². The largest absolute Gasteiger partial charge is 0.478 e. The number of unbranched alkanes of at least 4 members (excludes halogenated alkanes) is 4. The number of esters is 3. The van der Waals surface area contributed by atoms with Crippen molar-refractivity contribution in [3.8, 4) is 17.2 Å². The summed E-state index contributed by atoms with van der Waals surface area (Å²) < 4.78 is 15.9. The van der Waals surface area contributed by atoms with Crippen molar-refractivity contribution in [1.82, 2.24) is 0 Å². The number of hydrogen-bond donors (Lipinski definition) is 1. The molecule has 3 aromatic rings. The van der Waals surface area contributed by atoms with E-state index in [1.807, 2.05) is 0 Å². The van der Waals surface area contributed by atoms with E-state index in [1.54, 1.807) is 0 Å². The maximum Gasteiger partial charge on any atom is 0.343 e. The Morgan fingerprint density at radius 3 is 1.41 bits per heavy atom. The number of ether oxygens (including phenoxy) is 3. The molecule has 0 aliphatic heterocycles. The van der Waals surface area contributed by atoms with E-state index in [2.05, 4.69) is 6.92 Å². The Bertz CT molecular complexity index is 1210. The zero-order valence-corrected chi connectivity index (χ0v) is 20.5. The first-order valence-corrected chi connectivity index (χ1v) is 12.0. The van der Waals surface area contributed by atoms with Crippen molar-refractivity contribution >= 4 is 23.9 Å². The quantitative estimate of drug-likeness (QED) is 0.179. The smallest absolute Gasteiger partial charge is 0.343 e. The third-order valence-electron chi connectivity index (χ3n) is 5.42. The predicted molar refractivity (Wildman–Crippen MR) is 135 cm³/mol. The number of hydrogen-bond acceptors (Lipinski definition) is 7. The molecular weight excluding hydrogens is 476 g/mol. The lowest BCUT2D eigenvalue weighted by Crippen LogP contribution is -2.11. The summed E-state index contributed by atoms with van der Waals surface area (Å²) in [5.41, 5.74) is 0.570. The van der Waals surface area contributed by atoms with E-state index in [-0.39, 0.29) is 34.2 Å². The second-order valence-electron chi connectivity index (χ2n) is 8.30. The molecule has 0 fully saturated rings. The highest BCUT2D eigenvalue weighted by molar-refractivity contribution is 5.93. The molecule has 0 saturated carbocycles. The molecule has 0 aliphatic rings. The van der Waals surface area contributed by atoms with Gasteiger partial charge in [-0.05, 0) is 79.2 Å². The summed E-state index contributed by atoms with van der Waals surface area (Å²) in [7, 11) is 0. The fourth-order valence-corrected chi connectivity index (χ4v) is 3.37. The minimum atomic E-state index is -1.08. The highest BCUT2D eigenvalue weighted by Crippen LogP contribution is 2.19. The molecule has 3 aromatic carbocycles. The van der Waals surface area contributed by atoms with Gasteiger partial charge in [0.15, 0.2) is 0 Å². The molecular formula is C29H28O8. The van der Waals surface area contributed by atoms with Crippen molar-refractivity contribution < 1.29 is 38.5 Å². The lowest BCUT2D eigenvalue weighted by atomic mass is 10.1.